The van der Waals surface area contributed by atoms with E-state index in [-0.39, 0.29) is 12.5 Å². The van der Waals surface area contributed by atoms with E-state index in [9.17, 15) is 13.2 Å². The van der Waals surface area contributed by atoms with Gasteiger partial charge in [-0.15, -0.1) is 11.3 Å². The number of thiophene rings is 1. The number of rotatable bonds is 5. The first-order valence-corrected chi connectivity index (χ1v) is 11.3. The van der Waals surface area contributed by atoms with Gasteiger partial charge in [-0.05, 0) is 42.5 Å². The number of benzene rings is 1. The molecule has 0 atom stereocenters. The van der Waals surface area contributed by atoms with Crippen LogP contribution in [0.3, 0.4) is 0 Å². The van der Waals surface area contributed by atoms with Crippen molar-refractivity contribution in [3.8, 4) is 6.07 Å². The van der Waals surface area contributed by atoms with Crippen LogP contribution in [0.15, 0.2) is 34.5 Å². The topological polar surface area (TPSA) is 94.7 Å². The molecule has 7 nitrogen and oxygen atoms in total. The summed E-state index contributed by atoms with van der Waals surface area (Å²) >= 11 is 1.32. The molecule has 1 aromatic carbocycles. The molecule has 3 rings (SSSR count). The number of anilines is 1. The maximum Gasteiger partial charge on any atom is 0.280 e. The fourth-order valence-corrected chi connectivity index (χ4v) is 5.74. The lowest BCUT2D eigenvalue weighted by Crippen LogP contribution is -3.15. The number of amides is 1. The van der Waals surface area contributed by atoms with E-state index in [1.165, 1.54) is 15.6 Å². The van der Waals surface area contributed by atoms with Gasteiger partial charge in [0.15, 0.2) is 6.54 Å². The van der Waals surface area contributed by atoms with Crippen LogP contribution < -0.4 is 10.2 Å². The number of carbonyl (C=O) groups is 1. The van der Waals surface area contributed by atoms with Crippen LogP contribution >= 0.6 is 11.3 Å². The molecule has 2 aromatic rings. The number of sulfonamides is 1. The zero-order valence-electron chi connectivity index (χ0n) is 15.9. The highest BCUT2D eigenvalue weighted by molar-refractivity contribution is 7.89. The molecular formula is C19H23N4O3S2+. The minimum atomic E-state index is -3.53. The molecule has 0 radical (unpaired) electrons. The van der Waals surface area contributed by atoms with Crippen LogP contribution in [-0.4, -0.2) is 51.4 Å². The molecule has 1 fully saturated rings. The molecule has 1 aliphatic rings. The van der Waals surface area contributed by atoms with E-state index >= 15 is 0 Å². The molecule has 1 saturated heterocycles. The van der Waals surface area contributed by atoms with Crippen molar-refractivity contribution < 1.29 is 18.1 Å². The van der Waals surface area contributed by atoms with E-state index in [1.54, 1.807) is 24.4 Å². The first-order valence-electron chi connectivity index (χ1n) is 8.99. The van der Waals surface area contributed by atoms with E-state index < -0.39 is 10.0 Å². The van der Waals surface area contributed by atoms with Crippen molar-refractivity contribution in [2.24, 2.45) is 0 Å². The van der Waals surface area contributed by atoms with E-state index in [2.05, 4.69) is 5.32 Å². The van der Waals surface area contributed by atoms with Crippen LogP contribution in [0.25, 0.3) is 0 Å². The van der Waals surface area contributed by atoms with Gasteiger partial charge in [0.2, 0.25) is 10.0 Å². The number of aryl methyl sites for hydroxylation is 2. The summed E-state index contributed by atoms with van der Waals surface area (Å²) in [7, 11) is -3.53. The monoisotopic (exact) mass is 419 g/mol. The van der Waals surface area contributed by atoms with Crippen LogP contribution in [-0.2, 0) is 14.8 Å². The molecule has 2 N–H and O–H groups in total. The molecule has 0 unspecified atom stereocenters. The summed E-state index contributed by atoms with van der Waals surface area (Å²) in [4.78, 5) is 13.6. The Hall–Kier alpha value is -2.25. The van der Waals surface area contributed by atoms with Gasteiger partial charge in [0.25, 0.3) is 5.91 Å². The summed E-state index contributed by atoms with van der Waals surface area (Å²) in [6.45, 7) is 5.81. The fraction of sp³-hybridized carbons (Fsp3) is 0.368. The normalized spacial score (nSPS) is 15.9. The van der Waals surface area contributed by atoms with Gasteiger partial charge in [-0.3, -0.25) is 4.79 Å². The number of quaternary nitrogens is 1. The largest absolute Gasteiger partial charge is 0.325 e. The lowest BCUT2D eigenvalue weighted by Gasteiger charge is -2.31. The van der Waals surface area contributed by atoms with Gasteiger partial charge in [-0.25, -0.2) is 8.42 Å². The van der Waals surface area contributed by atoms with E-state index in [0.29, 0.717) is 41.6 Å². The summed E-state index contributed by atoms with van der Waals surface area (Å²) < 4.78 is 27.5. The third kappa shape index (κ3) is 4.42. The first kappa shape index (κ1) is 20.5. The average Bonchev–Trinajstić information content (AvgIpc) is 3.11. The van der Waals surface area contributed by atoms with Gasteiger partial charge < -0.3 is 10.2 Å². The van der Waals surface area contributed by atoms with Crippen molar-refractivity contribution in [1.82, 2.24) is 4.31 Å². The van der Waals surface area contributed by atoms with Gasteiger partial charge in [-0.1, -0.05) is 12.1 Å². The number of nitriles is 1. The number of piperazine rings is 1. The summed E-state index contributed by atoms with van der Waals surface area (Å²) in [5, 5.41) is 14.1. The van der Waals surface area contributed by atoms with Gasteiger partial charge in [-0.2, -0.15) is 9.57 Å². The van der Waals surface area contributed by atoms with E-state index in [1.807, 2.05) is 25.1 Å². The standard InChI is InChI=1S/C19H22N4O3S2/c1-14-3-4-15(2)17(11-14)28(25,26)23-8-6-22(7-9-23)13-18(24)21-19-16(12-20)5-10-27-19/h3-5,10-11H,6-9,13H2,1-2H3,(H,21,24)/p+1. The molecule has 0 aliphatic carbocycles. The van der Waals surface area contributed by atoms with Crippen molar-refractivity contribution in [1.29, 1.82) is 5.26 Å². The van der Waals surface area contributed by atoms with Crippen LogP contribution in [0.4, 0.5) is 5.00 Å². The summed E-state index contributed by atoms with van der Waals surface area (Å²) in [6.07, 6.45) is 0. The number of hydrogen-bond acceptors (Lipinski definition) is 5. The number of hydrogen-bond donors (Lipinski definition) is 2. The van der Waals surface area contributed by atoms with Gasteiger partial charge in [0, 0.05) is 0 Å². The molecule has 2 heterocycles. The van der Waals surface area contributed by atoms with Crippen LogP contribution in [0.5, 0.6) is 0 Å². The van der Waals surface area contributed by atoms with Crippen molar-refractivity contribution >= 4 is 32.3 Å². The second-order valence-corrected chi connectivity index (χ2v) is 9.75. The Labute approximate surface area is 169 Å². The average molecular weight is 420 g/mol. The molecule has 0 bridgehead atoms. The Balaban J connectivity index is 1.59. The van der Waals surface area contributed by atoms with Crippen LogP contribution in [0, 0.1) is 25.2 Å². The maximum atomic E-state index is 13.0. The van der Waals surface area contributed by atoms with E-state index in [4.69, 9.17) is 5.26 Å². The zero-order chi connectivity index (χ0) is 20.3. The Kier molecular flexibility index (Phi) is 6.15. The Morgan fingerprint density at radius 3 is 2.68 bits per heavy atom. The van der Waals surface area contributed by atoms with Gasteiger partial charge in [0.05, 0.1) is 36.6 Å². The number of nitrogens with one attached hydrogen (secondary N) is 2. The molecule has 148 valence electrons. The van der Waals surface area contributed by atoms with E-state index in [0.717, 1.165) is 16.0 Å². The lowest BCUT2D eigenvalue weighted by atomic mass is 10.2. The second kappa shape index (κ2) is 8.41. The van der Waals surface area contributed by atoms with Crippen LogP contribution in [0.1, 0.15) is 16.7 Å². The smallest absolute Gasteiger partial charge is 0.280 e. The molecule has 0 saturated carbocycles. The van der Waals surface area contributed by atoms with Gasteiger partial charge >= 0.3 is 0 Å². The summed E-state index contributed by atoms with van der Waals surface area (Å²) in [5.41, 5.74) is 2.11. The molecule has 1 aliphatic heterocycles. The van der Waals surface area contributed by atoms with Crippen molar-refractivity contribution in [3.05, 3.63) is 46.3 Å². The SMILES string of the molecule is Cc1ccc(C)c(S(=O)(=O)N2CC[NH+](CC(=O)Nc3sccc3C#N)CC2)c1. The van der Waals surface area contributed by atoms with Crippen molar-refractivity contribution in [2.75, 3.05) is 38.0 Å². The highest BCUT2D eigenvalue weighted by Crippen LogP contribution is 2.22. The maximum absolute atomic E-state index is 13.0. The highest BCUT2D eigenvalue weighted by Gasteiger charge is 2.32. The highest BCUT2D eigenvalue weighted by atomic mass is 32.2. The van der Waals surface area contributed by atoms with Crippen LogP contribution in [0.2, 0.25) is 0 Å². The Bertz CT molecular complexity index is 1020. The minimum absolute atomic E-state index is 0.167. The molecule has 9 heteroatoms. The molecule has 0 spiro atoms. The molecule has 1 amide bonds. The molecule has 1 aromatic heterocycles. The quantitative estimate of drug-likeness (QED) is 0.748. The second-order valence-electron chi connectivity index (χ2n) is 6.92. The van der Waals surface area contributed by atoms with Crippen molar-refractivity contribution in [3.63, 3.8) is 0 Å². The Morgan fingerprint density at radius 1 is 1.29 bits per heavy atom. The Morgan fingerprint density at radius 2 is 2.00 bits per heavy atom. The number of carbonyl (C=O) groups excluding carboxylic acids is 1. The number of nitrogens with zero attached hydrogens (tertiary/aromatic N) is 2. The predicted octanol–water partition coefficient (Wildman–Crippen LogP) is 0.765. The fourth-order valence-electron chi connectivity index (χ4n) is 3.24. The molecule has 28 heavy (non-hydrogen) atoms. The zero-order valence-corrected chi connectivity index (χ0v) is 17.5. The first-order chi connectivity index (χ1) is 13.3. The molecular weight excluding hydrogens is 396 g/mol. The minimum Gasteiger partial charge on any atom is -0.325 e. The lowest BCUT2D eigenvalue weighted by molar-refractivity contribution is -0.895. The summed E-state index contributed by atoms with van der Waals surface area (Å²) in [5.74, 6) is -0.167. The third-order valence-corrected chi connectivity index (χ3v) is 7.71. The van der Waals surface area contributed by atoms with Gasteiger partial charge in [0.1, 0.15) is 11.1 Å². The summed E-state index contributed by atoms with van der Waals surface area (Å²) in [6, 6.07) is 9.16. The third-order valence-electron chi connectivity index (χ3n) is 4.84. The van der Waals surface area contributed by atoms with Crippen molar-refractivity contribution in [2.45, 2.75) is 18.7 Å². The predicted molar refractivity (Wildman–Crippen MR) is 108 cm³/mol.